The van der Waals surface area contributed by atoms with Gasteiger partial charge in [0.1, 0.15) is 0 Å². The molecule has 114 valence electrons. The van der Waals surface area contributed by atoms with E-state index in [0.717, 1.165) is 19.4 Å². The molecule has 4 heteroatoms. The quantitative estimate of drug-likeness (QED) is 0.567. The molecule has 1 atom stereocenters. The predicted octanol–water partition coefficient (Wildman–Crippen LogP) is 2.18. The van der Waals surface area contributed by atoms with Crippen molar-refractivity contribution in [1.82, 2.24) is 5.32 Å². The smallest absolute Gasteiger partial charge is 0.220 e. The Labute approximate surface area is 118 Å². The topological polar surface area (TPSA) is 64.3 Å². The van der Waals surface area contributed by atoms with Crippen molar-refractivity contribution in [3.8, 4) is 0 Å². The Balaban J connectivity index is 3.57. The van der Waals surface area contributed by atoms with Crippen molar-refractivity contribution in [2.24, 2.45) is 23.5 Å². The van der Waals surface area contributed by atoms with E-state index in [-0.39, 0.29) is 5.91 Å². The maximum atomic E-state index is 11.7. The van der Waals surface area contributed by atoms with Gasteiger partial charge in [-0.2, -0.15) is 0 Å². The first kappa shape index (κ1) is 18.4. The van der Waals surface area contributed by atoms with Crippen LogP contribution in [0.15, 0.2) is 0 Å². The monoisotopic (exact) mass is 272 g/mol. The van der Waals surface area contributed by atoms with Crippen LogP contribution in [0, 0.1) is 17.8 Å². The van der Waals surface area contributed by atoms with Crippen molar-refractivity contribution in [2.45, 2.75) is 47.0 Å². The molecule has 0 fully saturated rings. The first-order valence-corrected chi connectivity index (χ1v) is 7.50. The Morgan fingerprint density at radius 3 is 2.42 bits per heavy atom. The highest BCUT2D eigenvalue weighted by Gasteiger charge is 2.13. The van der Waals surface area contributed by atoms with Gasteiger partial charge in [-0.05, 0) is 37.1 Å². The normalized spacial score (nSPS) is 13.0. The lowest BCUT2D eigenvalue weighted by Crippen LogP contribution is -2.30. The average molecular weight is 272 g/mol. The third kappa shape index (κ3) is 12.2. The van der Waals surface area contributed by atoms with Crippen molar-refractivity contribution in [1.29, 1.82) is 0 Å². The molecule has 19 heavy (non-hydrogen) atoms. The van der Waals surface area contributed by atoms with E-state index in [9.17, 15) is 4.79 Å². The SMILES string of the molecule is CC(C)COCCCNC(=O)C[C@@H](CN)CC(C)C. The average Bonchev–Trinajstić information content (AvgIpc) is 2.31. The zero-order valence-corrected chi connectivity index (χ0v) is 13.1. The van der Waals surface area contributed by atoms with Crippen LogP contribution in [0.1, 0.15) is 47.0 Å². The molecule has 0 radical (unpaired) electrons. The molecule has 0 saturated carbocycles. The molecule has 0 spiro atoms. The fourth-order valence-electron chi connectivity index (χ4n) is 1.98. The molecule has 0 aliphatic carbocycles. The van der Waals surface area contributed by atoms with Crippen molar-refractivity contribution < 1.29 is 9.53 Å². The van der Waals surface area contributed by atoms with Gasteiger partial charge in [0.25, 0.3) is 0 Å². The first-order valence-electron chi connectivity index (χ1n) is 7.50. The van der Waals surface area contributed by atoms with E-state index in [4.69, 9.17) is 10.5 Å². The summed E-state index contributed by atoms with van der Waals surface area (Å²) in [6.45, 7) is 11.4. The third-order valence-electron chi connectivity index (χ3n) is 2.85. The largest absolute Gasteiger partial charge is 0.381 e. The van der Waals surface area contributed by atoms with Gasteiger partial charge >= 0.3 is 0 Å². The lowest BCUT2D eigenvalue weighted by molar-refractivity contribution is -0.122. The van der Waals surface area contributed by atoms with Gasteiger partial charge in [0.15, 0.2) is 0 Å². The van der Waals surface area contributed by atoms with E-state index < -0.39 is 0 Å². The van der Waals surface area contributed by atoms with Crippen LogP contribution in [0.25, 0.3) is 0 Å². The Morgan fingerprint density at radius 1 is 1.21 bits per heavy atom. The van der Waals surface area contributed by atoms with Crippen LogP contribution in [0.2, 0.25) is 0 Å². The highest BCUT2D eigenvalue weighted by Crippen LogP contribution is 2.13. The highest BCUT2D eigenvalue weighted by molar-refractivity contribution is 5.76. The van der Waals surface area contributed by atoms with Gasteiger partial charge in [0.05, 0.1) is 0 Å². The Morgan fingerprint density at radius 2 is 1.89 bits per heavy atom. The number of carbonyl (C=O) groups excluding carboxylic acids is 1. The lowest BCUT2D eigenvalue weighted by atomic mass is 9.94. The van der Waals surface area contributed by atoms with Crippen molar-refractivity contribution in [3.63, 3.8) is 0 Å². The second kappa shape index (κ2) is 11.2. The van der Waals surface area contributed by atoms with Gasteiger partial charge in [0.2, 0.25) is 5.91 Å². The molecule has 0 heterocycles. The van der Waals surface area contributed by atoms with Gasteiger partial charge in [-0.15, -0.1) is 0 Å². The molecule has 4 nitrogen and oxygen atoms in total. The van der Waals surface area contributed by atoms with E-state index in [0.29, 0.717) is 43.9 Å². The molecule has 0 aromatic rings. The van der Waals surface area contributed by atoms with Crippen LogP contribution in [0.5, 0.6) is 0 Å². The second-order valence-corrected chi connectivity index (χ2v) is 6.11. The maximum Gasteiger partial charge on any atom is 0.220 e. The molecular formula is C15H32N2O2. The van der Waals surface area contributed by atoms with Crippen LogP contribution in [-0.2, 0) is 9.53 Å². The summed E-state index contributed by atoms with van der Waals surface area (Å²) in [5.41, 5.74) is 5.69. The molecule has 0 bridgehead atoms. The number of carbonyl (C=O) groups is 1. The fourth-order valence-corrected chi connectivity index (χ4v) is 1.98. The summed E-state index contributed by atoms with van der Waals surface area (Å²) >= 11 is 0. The summed E-state index contributed by atoms with van der Waals surface area (Å²) in [7, 11) is 0. The summed E-state index contributed by atoms with van der Waals surface area (Å²) < 4.78 is 5.46. The van der Waals surface area contributed by atoms with Crippen LogP contribution in [-0.4, -0.2) is 32.2 Å². The van der Waals surface area contributed by atoms with Gasteiger partial charge in [-0.1, -0.05) is 27.7 Å². The summed E-state index contributed by atoms with van der Waals surface area (Å²) in [4.78, 5) is 11.7. The van der Waals surface area contributed by atoms with Crippen molar-refractivity contribution in [3.05, 3.63) is 0 Å². The van der Waals surface area contributed by atoms with E-state index in [1.807, 2.05) is 0 Å². The zero-order valence-electron chi connectivity index (χ0n) is 13.1. The van der Waals surface area contributed by atoms with Gasteiger partial charge in [-0.3, -0.25) is 4.79 Å². The molecule has 0 aromatic carbocycles. The summed E-state index contributed by atoms with van der Waals surface area (Å²) in [5.74, 6) is 1.57. The fraction of sp³-hybridized carbons (Fsp3) is 0.933. The summed E-state index contributed by atoms with van der Waals surface area (Å²) in [5, 5.41) is 2.93. The van der Waals surface area contributed by atoms with Gasteiger partial charge < -0.3 is 15.8 Å². The van der Waals surface area contributed by atoms with Crippen molar-refractivity contribution >= 4 is 5.91 Å². The minimum Gasteiger partial charge on any atom is -0.381 e. The molecule has 1 amide bonds. The molecule has 0 aliphatic rings. The standard InChI is InChI=1S/C15H32N2O2/c1-12(2)8-14(10-16)9-15(18)17-6-5-7-19-11-13(3)4/h12-14H,5-11,16H2,1-4H3,(H,17,18)/t14-/m0/s1. The number of nitrogens with two attached hydrogens (primary N) is 1. The molecular weight excluding hydrogens is 240 g/mol. The number of hydrogen-bond acceptors (Lipinski definition) is 3. The summed E-state index contributed by atoms with van der Waals surface area (Å²) in [6, 6.07) is 0. The molecule has 3 N–H and O–H groups in total. The van der Waals surface area contributed by atoms with Crippen LogP contribution >= 0.6 is 0 Å². The second-order valence-electron chi connectivity index (χ2n) is 6.11. The molecule has 0 aliphatic heterocycles. The van der Waals surface area contributed by atoms with Crippen LogP contribution in [0.3, 0.4) is 0 Å². The minimum absolute atomic E-state index is 0.111. The number of ether oxygens (including phenoxy) is 1. The highest BCUT2D eigenvalue weighted by atomic mass is 16.5. The van der Waals surface area contributed by atoms with Gasteiger partial charge in [0, 0.05) is 26.2 Å². The number of nitrogens with one attached hydrogen (secondary N) is 1. The van der Waals surface area contributed by atoms with Crippen molar-refractivity contribution in [2.75, 3.05) is 26.3 Å². The molecule has 0 unspecified atom stereocenters. The van der Waals surface area contributed by atoms with E-state index in [1.165, 1.54) is 0 Å². The maximum absolute atomic E-state index is 11.7. The molecule has 0 rings (SSSR count). The first-order chi connectivity index (χ1) is 8.95. The molecule has 0 aromatic heterocycles. The molecule has 0 saturated heterocycles. The Hall–Kier alpha value is -0.610. The predicted molar refractivity (Wildman–Crippen MR) is 79.9 cm³/mol. The van der Waals surface area contributed by atoms with E-state index in [2.05, 4.69) is 33.0 Å². The minimum atomic E-state index is 0.111. The van der Waals surface area contributed by atoms with E-state index in [1.54, 1.807) is 0 Å². The number of amides is 1. The van der Waals surface area contributed by atoms with Crippen LogP contribution < -0.4 is 11.1 Å². The number of hydrogen-bond donors (Lipinski definition) is 2. The zero-order chi connectivity index (χ0) is 14.7. The van der Waals surface area contributed by atoms with E-state index >= 15 is 0 Å². The van der Waals surface area contributed by atoms with Gasteiger partial charge in [-0.25, -0.2) is 0 Å². The number of rotatable bonds is 11. The third-order valence-corrected chi connectivity index (χ3v) is 2.85. The lowest BCUT2D eigenvalue weighted by Gasteiger charge is -2.16. The Bertz CT molecular complexity index is 230. The Kier molecular flexibility index (Phi) is 10.9. The summed E-state index contributed by atoms with van der Waals surface area (Å²) in [6.07, 6.45) is 2.43. The van der Waals surface area contributed by atoms with Crippen LogP contribution in [0.4, 0.5) is 0 Å².